The van der Waals surface area contributed by atoms with Gasteiger partial charge in [0.2, 0.25) is 0 Å². The quantitative estimate of drug-likeness (QED) is 0.551. The highest BCUT2D eigenvalue weighted by molar-refractivity contribution is 7.86. The minimum absolute atomic E-state index is 0.0974. The normalized spacial score (nSPS) is 13.4. The molecule has 18 heavy (non-hydrogen) atoms. The fourth-order valence-corrected chi connectivity index (χ4v) is 2.97. The lowest BCUT2D eigenvalue weighted by atomic mass is 10.1. The second-order valence-electron chi connectivity index (χ2n) is 4.40. The molecule has 2 heteroatoms. The van der Waals surface area contributed by atoms with E-state index in [1.54, 1.807) is 6.08 Å². The van der Waals surface area contributed by atoms with Gasteiger partial charge in [-0.3, -0.25) is 4.21 Å². The summed E-state index contributed by atoms with van der Waals surface area (Å²) in [4.78, 5) is 0.840. The summed E-state index contributed by atoms with van der Waals surface area (Å²) in [7, 11) is -1.08. The fraction of sp³-hybridized carbons (Fsp3) is 0.250. The summed E-state index contributed by atoms with van der Waals surface area (Å²) in [5.74, 6) is 0. The lowest BCUT2D eigenvalue weighted by molar-refractivity contribution is 0.676. The highest BCUT2D eigenvalue weighted by Gasteiger charge is 2.18. The summed E-state index contributed by atoms with van der Waals surface area (Å²) in [6, 6.07) is 9.52. The van der Waals surface area contributed by atoms with Crippen molar-refractivity contribution in [2.75, 3.05) is 0 Å². The molecule has 0 amide bonds. The summed E-state index contributed by atoms with van der Waals surface area (Å²) in [6.07, 6.45) is 4.53. The molecule has 0 saturated heterocycles. The summed E-state index contributed by atoms with van der Waals surface area (Å²) in [6.45, 7) is 11.8. The molecule has 0 aliphatic carbocycles. The molecule has 0 radical (unpaired) electrons. The van der Waals surface area contributed by atoms with E-state index in [9.17, 15) is 4.21 Å². The van der Waals surface area contributed by atoms with Gasteiger partial charge in [0.1, 0.15) is 0 Å². The van der Waals surface area contributed by atoms with Crippen LogP contribution < -0.4 is 0 Å². The van der Waals surface area contributed by atoms with Crippen molar-refractivity contribution < 1.29 is 4.21 Å². The van der Waals surface area contributed by atoms with Crippen molar-refractivity contribution in [2.24, 2.45) is 0 Å². The fourth-order valence-electron chi connectivity index (χ4n) is 1.57. The van der Waals surface area contributed by atoms with Crippen LogP contribution in [0.1, 0.15) is 20.3 Å². The predicted molar refractivity (Wildman–Crippen MR) is 80.0 cm³/mol. The Bertz CT molecular complexity index is 467. The SMILES string of the molecule is C=CC(=C)C(CC=C(C)C)S(=O)c1ccccc1. The summed E-state index contributed by atoms with van der Waals surface area (Å²) in [5, 5.41) is -0.0974. The standard InChI is InChI=1S/C16H20OS/c1-5-14(4)16(12-11-13(2)3)18(17)15-9-7-6-8-10-15/h5-11,16H,1,4,12H2,2-3H3. The monoisotopic (exact) mass is 260 g/mol. The molecular formula is C16H20OS. The molecule has 0 N–H and O–H groups in total. The van der Waals surface area contributed by atoms with Gasteiger partial charge >= 0.3 is 0 Å². The van der Waals surface area contributed by atoms with Crippen molar-refractivity contribution in [3.63, 3.8) is 0 Å². The molecule has 1 nitrogen and oxygen atoms in total. The Balaban J connectivity index is 2.96. The molecule has 2 atom stereocenters. The Morgan fingerprint density at radius 2 is 1.94 bits per heavy atom. The van der Waals surface area contributed by atoms with Gasteiger partial charge in [0.15, 0.2) is 0 Å². The van der Waals surface area contributed by atoms with Gasteiger partial charge in [-0.1, -0.05) is 49.1 Å². The molecule has 0 spiro atoms. The number of hydrogen-bond donors (Lipinski definition) is 0. The average molecular weight is 260 g/mol. The van der Waals surface area contributed by atoms with Crippen LogP contribution in [0.4, 0.5) is 0 Å². The molecule has 1 rings (SSSR count). The summed E-state index contributed by atoms with van der Waals surface area (Å²) >= 11 is 0. The molecule has 0 bridgehead atoms. The van der Waals surface area contributed by atoms with E-state index in [0.29, 0.717) is 0 Å². The zero-order valence-electron chi connectivity index (χ0n) is 11.1. The van der Waals surface area contributed by atoms with Crippen LogP contribution in [0, 0.1) is 0 Å². The van der Waals surface area contributed by atoms with Crippen LogP contribution in [0.3, 0.4) is 0 Å². The Morgan fingerprint density at radius 1 is 1.33 bits per heavy atom. The number of hydrogen-bond acceptors (Lipinski definition) is 1. The Kier molecular flexibility index (Phi) is 5.79. The van der Waals surface area contributed by atoms with Gasteiger partial charge in [-0.05, 0) is 38.0 Å². The van der Waals surface area contributed by atoms with E-state index in [1.807, 2.05) is 44.2 Å². The molecule has 2 unspecified atom stereocenters. The van der Waals surface area contributed by atoms with E-state index < -0.39 is 10.8 Å². The van der Waals surface area contributed by atoms with Crippen LogP contribution in [0.5, 0.6) is 0 Å². The van der Waals surface area contributed by atoms with E-state index >= 15 is 0 Å². The molecule has 0 aliphatic heterocycles. The average Bonchev–Trinajstić information content (AvgIpc) is 2.39. The van der Waals surface area contributed by atoms with Crippen LogP contribution >= 0.6 is 0 Å². The molecule has 96 valence electrons. The van der Waals surface area contributed by atoms with Crippen LogP contribution in [0.15, 0.2) is 71.7 Å². The van der Waals surface area contributed by atoms with E-state index in [4.69, 9.17) is 0 Å². The number of benzene rings is 1. The third-order valence-electron chi connectivity index (χ3n) is 2.65. The predicted octanol–water partition coefficient (Wildman–Crippen LogP) is 4.26. The van der Waals surface area contributed by atoms with Crippen LogP contribution in [0.25, 0.3) is 0 Å². The van der Waals surface area contributed by atoms with E-state index in [0.717, 1.165) is 16.9 Å². The largest absolute Gasteiger partial charge is 0.254 e. The van der Waals surface area contributed by atoms with Gasteiger partial charge in [0.05, 0.1) is 16.0 Å². The van der Waals surface area contributed by atoms with Crippen molar-refractivity contribution in [1.29, 1.82) is 0 Å². The lowest BCUT2D eigenvalue weighted by Crippen LogP contribution is -2.16. The van der Waals surface area contributed by atoms with Gasteiger partial charge in [0.25, 0.3) is 0 Å². The molecule has 1 aromatic carbocycles. The second kappa shape index (κ2) is 7.12. The third-order valence-corrected chi connectivity index (χ3v) is 4.40. The minimum Gasteiger partial charge on any atom is -0.254 e. The van der Waals surface area contributed by atoms with Gasteiger partial charge in [-0.15, -0.1) is 0 Å². The molecule has 0 aromatic heterocycles. The zero-order chi connectivity index (χ0) is 13.5. The first-order valence-corrected chi connectivity index (χ1v) is 7.17. The topological polar surface area (TPSA) is 17.1 Å². The molecule has 0 aliphatic rings. The maximum Gasteiger partial charge on any atom is 0.0672 e. The Labute approximate surface area is 112 Å². The van der Waals surface area contributed by atoms with Crippen LogP contribution in [-0.2, 0) is 10.8 Å². The van der Waals surface area contributed by atoms with Crippen molar-refractivity contribution >= 4 is 10.8 Å². The Hall–Kier alpha value is -1.41. The number of rotatable bonds is 6. The van der Waals surface area contributed by atoms with Gasteiger partial charge in [-0.2, -0.15) is 0 Å². The first-order valence-electron chi connectivity index (χ1n) is 5.96. The van der Waals surface area contributed by atoms with Gasteiger partial charge < -0.3 is 0 Å². The summed E-state index contributed by atoms with van der Waals surface area (Å²) in [5.41, 5.74) is 2.05. The van der Waals surface area contributed by atoms with Crippen molar-refractivity contribution in [3.8, 4) is 0 Å². The lowest BCUT2D eigenvalue weighted by Gasteiger charge is -2.15. The maximum absolute atomic E-state index is 12.5. The highest BCUT2D eigenvalue weighted by atomic mass is 32.2. The van der Waals surface area contributed by atoms with Crippen LogP contribution in [0.2, 0.25) is 0 Å². The first-order chi connectivity index (χ1) is 8.56. The molecule has 0 fully saturated rings. The van der Waals surface area contributed by atoms with Crippen molar-refractivity contribution in [1.82, 2.24) is 0 Å². The van der Waals surface area contributed by atoms with Gasteiger partial charge in [-0.25, -0.2) is 0 Å². The third kappa shape index (κ3) is 4.11. The smallest absolute Gasteiger partial charge is 0.0672 e. The summed E-state index contributed by atoms with van der Waals surface area (Å²) < 4.78 is 12.5. The van der Waals surface area contributed by atoms with E-state index in [2.05, 4.69) is 19.2 Å². The molecule has 0 saturated carbocycles. The van der Waals surface area contributed by atoms with Crippen molar-refractivity contribution in [3.05, 3.63) is 66.8 Å². The second-order valence-corrected chi connectivity index (χ2v) is 6.03. The first kappa shape index (κ1) is 14.7. The molecule has 1 aromatic rings. The van der Waals surface area contributed by atoms with Crippen molar-refractivity contribution in [2.45, 2.75) is 30.4 Å². The van der Waals surface area contributed by atoms with Crippen LogP contribution in [-0.4, -0.2) is 9.46 Å². The molecule has 0 heterocycles. The zero-order valence-corrected chi connectivity index (χ0v) is 11.9. The van der Waals surface area contributed by atoms with E-state index in [-0.39, 0.29) is 5.25 Å². The Morgan fingerprint density at radius 3 is 2.44 bits per heavy atom. The number of allylic oxidation sites excluding steroid dienone is 3. The highest BCUT2D eigenvalue weighted by Crippen LogP contribution is 2.21. The van der Waals surface area contributed by atoms with Gasteiger partial charge in [0, 0.05) is 4.90 Å². The molecular weight excluding hydrogens is 240 g/mol. The van der Waals surface area contributed by atoms with E-state index in [1.165, 1.54) is 5.57 Å². The maximum atomic E-state index is 12.5. The minimum atomic E-state index is -1.08.